The van der Waals surface area contributed by atoms with Gasteiger partial charge in [-0.3, -0.25) is 0 Å². The maximum atomic E-state index is 13.5. The summed E-state index contributed by atoms with van der Waals surface area (Å²) in [5.41, 5.74) is 1.08. The van der Waals surface area contributed by atoms with Crippen LogP contribution < -0.4 is 0 Å². The van der Waals surface area contributed by atoms with Crippen LogP contribution in [0, 0.1) is 11.6 Å². The number of phenolic OH excluding ortho intramolecular Hbond substituents is 1. The summed E-state index contributed by atoms with van der Waals surface area (Å²) >= 11 is 0. The highest BCUT2D eigenvalue weighted by Crippen LogP contribution is 2.24. The minimum absolute atomic E-state index is 0.0967. The predicted molar refractivity (Wildman–Crippen MR) is 63.1 cm³/mol. The van der Waals surface area contributed by atoms with E-state index in [0.29, 0.717) is 16.9 Å². The van der Waals surface area contributed by atoms with Crippen molar-refractivity contribution in [1.82, 2.24) is 9.97 Å². The largest absolute Gasteiger partial charge is 0.508 e. The van der Waals surface area contributed by atoms with Crippen LogP contribution in [0.2, 0.25) is 0 Å². The van der Waals surface area contributed by atoms with Gasteiger partial charge in [0.05, 0.1) is 5.52 Å². The molecule has 0 spiro atoms. The van der Waals surface area contributed by atoms with E-state index in [-0.39, 0.29) is 11.3 Å². The molecule has 18 heavy (non-hydrogen) atoms. The van der Waals surface area contributed by atoms with Gasteiger partial charge in [-0.1, -0.05) is 0 Å². The number of fused-ring (bicyclic) bond motifs is 1. The normalized spacial score (nSPS) is 11.0. The number of phenols is 1. The summed E-state index contributed by atoms with van der Waals surface area (Å²) in [5.74, 6) is -0.797. The third kappa shape index (κ3) is 1.69. The Hall–Kier alpha value is -2.43. The van der Waals surface area contributed by atoms with Gasteiger partial charge in [0.2, 0.25) is 0 Å². The van der Waals surface area contributed by atoms with Crippen LogP contribution in [0.1, 0.15) is 0 Å². The van der Waals surface area contributed by atoms with Crippen molar-refractivity contribution in [2.75, 3.05) is 0 Å². The fourth-order valence-corrected chi connectivity index (χ4v) is 1.80. The Morgan fingerprint density at radius 3 is 2.50 bits per heavy atom. The van der Waals surface area contributed by atoms with Gasteiger partial charge in [-0.25, -0.2) is 13.8 Å². The van der Waals surface area contributed by atoms with Crippen molar-refractivity contribution >= 4 is 11.0 Å². The molecule has 0 unspecified atom stereocenters. The highest BCUT2D eigenvalue weighted by atomic mass is 19.1. The van der Waals surface area contributed by atoms with Crippen molar-refractivity contribution in [3.05, 3.63) is 48.0 Å². The van der Waals surface area contributed by atoms with Crippen LogP contribution >= 0.6 is 0 Å². The third-order valence-electron chi connectivity index (χ3n) is 2.65. The van der Waals surface area contributed by atoms with Crippen LogP contribution in [0.15, 0.2) is 36.4 Å². The van der Waals surface area contributed by atoms with Crippen LogP contribution in [0.3, 0.4) is 0 Å². The number of hydrogen-bond donors (Lipinski definition) is 2. The van der Waals surface area contributed by atoms with Gasteiger partial charge < -0.3 is 10.1 Å². The second-order valence-corrected chi connectivity index (χ2v) is 3.92. The Kier molecular flexibility index (Phi) is 2.26. The lowest BCUT2D eigenvalue weighted by atomic mass is 10.2. The molecule has 3 nitrogen and oxygen atoms in total. The van der Waals surface area contributed by atoms with E-state index in [2.05, 4.69) is 9.97 Å². The number of hydrogen-bond acceptors (Lipinski definition) is 2. The molecule has 0 amide bonds. The minimum Gasteiger partial charge on any atom is -0.508 e. The molecule has 2 aromatic carbocycles. The quantitative estimate of drug-likeness (QED) is 0.692. The van der Waals surface area contributed by atoms with Gasteiger partial charge in [0.1, 0.15) is 22.9 Å². The second-order valence-electron chi connectivity index (χ2n) is 3.92. The number of aromatic amines is 1. The van der Waals surface area contributed by atoms with E-state index in [1.165, 1.54) is 18.2 Å². The maximum Gasteiger partial charge on any atom is 0.153 e. The van der Waals surface area contributed by atoms with Gasteiger partial charge in [-0.05, 0) is 30.3 Å². The van der Waals surface area contributed by atoms with E-state index >= 15 is 0 Å². The number of H-pyrrole nitrogens is 1. The van der Waals surface area contributed by atoms with Crippen LogP contribution in [-0.4, -0.2) is 15.1 Å². The van der Waals surface area contributed by atoms with Crippen molar-refractivity contribution in [3.63, 3.8) is 0 Å². The van der Waals surface area contributed by atoms with Crippen molar-refractivity contribution in [1.29, 1.82) is 0 Å². The first-order valence-corrected chi connectivity index (χ1v) is 5.27. The van der Waals surface area contributed by atoms with Gasteiger partial charge in [-0.15, -0.1) is 0 Å². The Labute approximate surface area is 101 Å². The van der Waals surface area contributed by atoms with Crippen molar-refractivity contribution in [3.8, 4) is 17.1 Å². The third-order valence-corrected chi connectivity index (χ3v) is 2.65. The monoisotopic (exact) mass is 246 g/mol. The fourth-order valence-electron chi connectivity index (χ4n) is 1.80. The molecule has 3 rings (SSSR count). The number of rotatable bonds is 1. The number of aromatic nitrogens is 2. The smallest absolute Gasteiger partial charge is 0.153 e. The number of halogens is 2. The Balaban J connectivity index is 2.19. The molecule has 0 aliphatic rings. The molecule has 3 aromatic rings. The molecule has 0 radical (unpaired) electrons. The molecule has 0 aliphatic heterocycles. The Bertz CT molecular complexity index is 720. The summed E-state index contributed by atoms with van der Waals surface area (Å²) in [5, 5.41) is 9.18. The van der Waals surface area contributed by atoms with Crippen molar-refractivity contribution < 1.29 is 13.9 Å². The van der Waals surface area contributed by atoms with E-state index in [1.807, 2.05) is 0 Å². The fraction of sp³-hybridized carbons (Fsp3) is 0. The molecule has 0 fully saturated rings. The van der Waals surface area contributed by atoms with Crippen molar-refractivity contribution in [2.45, 2.75) is 0 Å². The molecule has 90 valence electrons. The van der Waals surface area contributed by atoms with E-state index in [9.17, 15) is 13.9 Å². The molecule has 5 heteroatoms. The highest BCUT2D eigenvalue weighted by molar-refractivity contribution is 5.80. The van der Waals surface area contributed by atoms with Gasteiger partial charge in [0, 0.05) is 11.6 Å². The first-order valence-electron chi connectivity index (χ1n) is 5.27. The summed E-state index contributed by atoms with van der Waals surface area (Å²) in [6.07, 6.45) is 0. The van der Waals surface area contributed by atoms with E-state index in [4.69, 9.17) is 0 Å². The van der Waals surface area contributed by atoms with Gasteiger partial charge in [0.25, 0.3) is 0 Å². The summed E-state index contributed by atoms with van der Waals surface area (Å²) in [6, 6.07) is 8.26. The maximum absolute atomic E-state index is 13.5. The Morgan fingerprint density at radius 2 is 1.78 bits per heavy atom. The zero-order valence-electron chi connectivity index (χ0n) is 9.11. The predicted octanol–water partition coefficient (Wildman–Crippen LogP) is 3.21. The van der Waals surface area contributed by atoms with Gasteiger partial charge in [-0.2, -0.15) is 0 Å². The van der Waals surface area contributed by atoms with Crippen LogP contribution in [0.25, 0.3) is 22.4 Å². The first-order chi connectivity index (χ1) is 8.63. The lowest BCUT2D eigenvalue weighted by Crippen LogP contribution is -1.81. The second kappa shape index (κ2) is 3.80. The molecule has 1 aromatic heterocycles. The average Bonchev–Trinajstić information content (AvgIpc) is 2.74. The zero-order valence-corrected chi connectivity index (χ0v) is 9.11. The molecule has 0 aliphatic carbocycles. The average molecular weight is 246 g/mol. The van der Waals surface area contributed by atoms with Gasteiger partial charge >= 0.3 is 0 Å². The van der Waals surface area contributed by atoms with E-state index < -0.39 is 11.6 Å². The molecule has 2 N–H and O–H groups in total. The molecular weight excluding hydrogens is 238 g/mol. The summed E-state index contributed by atoms with van der Waals surface area (Å²) in [6.45, 7) is 0. The Morgan fingerprint density at radius 1 is 1.06 bits per heavy atom. The highest BCUT2D eigenvalue weighted by Gasteiger charge is 2.10. The number of nitrogens with one attached hydrogen (secondary N) is 1. The first kappa shape index (κ1) is 10.7. The molecule has 0 saturated heterocycles. The minimum atomic E-state index is -0.703. The van der Waals surface area contributed by atoms with Gasteiger partial charge in [0.15, 0.2) is 5.82 Å². The number of nitrogens with zero attached hydrogens (tertiary/aromatic N) is 1. The summed E-state index contributed by atoms with van der Waals surface area (Å²) in [4.78, 5) is 6.91. The zero-order chi connectivity index (χ0) is 12.7. The summed E-state index contributed by atoms with van der Waals surface area (Å²) in [7, 11) is 0. The van der Waals surface area contributed by atoms with Crippen LogP contribution in [0.5, 0.6) is 5.75 Å². The molecule has 0 bridgehead atoms. The molecule has 0 atom stereocenters. The molecule has 1 heterocycles. The van der Waals surface area contributed by atoms with E-state index in [1.54, 1.807) is 12.1 Å². The number of aromatic hydroxyl groups is 1. The molecular formula is C13H8F2N2O. The van der Waals surface area contributed by atoms with Crippen molar-refractivity contribution in [2.24, 2.45) is 0 Å². The SMILES string of the molecule is Oc1ccc(-c2nc3c(F)cc(F)cc3[nH]2)cc1. The number of imidazole rings is 1. The standard InChI is InChI=1S/C13H8F2N2O/c14-8-5-10(15)12-11(6-8)16-13(17-12)7-1-3-9(18)4-2-7/h1-6,18H,(H,16,17). The lowest BCUT2D eigenvalue weighted by molar-refractivity contribution is 0.475. The molecule has 0 saturated carbocycles. The number of benzene rings is 2. The topological polar surface area (TPSA) is 48.9 Å². The van der Waals surface area contributed by atoms with E-state index in [0.717, 1.165) is 6.07 Å². The lowest BCUT2D eigenvalue weighted by Gasteiger charge is -1.95. The van der Waals surface area contributed by atoms with Crippen LogP contribution in [-0.2, 0) is 0 Å². The summed E-state index contributed by atoms with van der Waals surface area (Å²) < 4.78 is 26.5. The van der Waals surface area contributed by atoms with Crippen LogP contribution in [0.4, 0.5) is 8.78 Å².